The number of anilines is 1. The molecule has 0 aliphatic heterocycles. The summed E-state index contributed by atoms with van der Waals surface area (Å²) < 4.78 is 13.2. The molecular formula is C13H15FN2O. The van der Waals surface area contributed by atoms with Gasteiger partial charge in [-0.15, -0.1) is 0 Å². The molecule has 0 saturated heterocycles. The molecule has 0 spiro atoms. The van der Waals surface area contributed by atoms with Crippen molar-refractivity contribution in [3.8, 4) is 0 Å². The Labute approximate surface area is 99.4 Å². The maximum absolute atomic E-state index is 13.2. The van der Waals surface area contributed by atoms with Crippen molar-refractivity contribution in [2.45, 2.75) is 37.8 Å². The zero-order valence-corrected chi connectivity index (χ0v) is 9.50. The van der Waals surface area contributed by atoms with Crippen LogP contribution in [0.4, 0.5) is 10.1 Å². The van der Waals surface area contributed by atoms with Crippen LogP contribution in [0.2, 0.25) is 0 Å². The maximum Gasteiger partial charge on any atom is 0.253 e. The van der Waals surface area contributed by atoms with Gasteiger partial charge in [-0.1, -0.05) is 0 Å². The quantitative estimate of drug-likeness (QED) is 0.839. The van der Waals surface area contributed by atoms with Crippen molar-refractivity contribution in [2.24, 2.45) is 0 Å². The highest BCUT2D eigenvalue weighted by atomic mass is 19.1. The van der Waals surface area contributed by atoms with Crippen LogP contribution in [0.1, 0.15) is 36.0 Å². The largest absolute Gasteiger partial charge is 0.382 e. The number of carbonyl (C=O) groups excluding carboxylic acids is 1. The van der Waals surface area contributed by atoms with E-state index in [1.165, 1.54) is 12.1 Å². The summed E-state index contributed by atoms with van der Waals surface area (Å²) in [7, 11) is 0. The van der Waals surface area contributed by atoms with Gasteiger partial charge in [-0.3, -0.25) is 4.79 Å². The lowest BCUT2D eigenvalue weighted by Crippen LogP contribution is -2.26. The Kier molecular flexibility index (Phi) is 2.50. The van der Waals surface area contributed by atoms with E-state index in [1.807, 2.05) is 0 Å². The first-order chi connectivity index (χ1) is 8.22. The van der Waals surface area contributed by atoms with Crippen molar-refractivity contribution in [3.63, 3.8) is 0 Å². The molecule has 2 saturated carbocycles. The second-order valence-corrected chi connectivity index (χ2v) is 4.86. The molecule has 0 bridgehead atoms. The summed E-state index contributed by atoms with van der Waals surface area (Å²) in [6, 6.07) is 5.09. The summed E-state index contributed by atoms with van der Waals surface area (Å²) in [6.45, 7) is 0. The predicted octanol–water partition coefficient (Wildman–Crippen LogP) is 2.29. The van der Waals surface area contributed by atoms with Gasteiger partial charge in [-0.05, 0) is 43.9 Å². The van der Waals surface area contributed by atoms with Crippen molar-refractivity contribution in [1.82, 2.24) is 5.32 Å². The first kappa shape index (κ1) is 10.6. The van der Waals surface area contributed by atoms with E-state index in [2.05, 4.69) is 10.6 Å². The highest BCUT2D eigenvalue weighted by Crippen LogP contribution is 2.28. The molecule has 2 aliphatic carbocycles. The monoisotopic (exact) mass is 234 g/mol. The summed E-state index contributed by atoms with van der Waals surface area (Å²) >= 11 is 0. The van der Waals surface area contributed by atoms with Crippen LogP contribution in [0.3, 0.4) is 0 Å². The van der Waals surface area contributed by atoms with Gasteiger partial charge in [0.05, 0.1) is 5.56 Å². The molecule has 2 aliphatic rings. The van der Waals surface area contributed by atoms with Crippen LogP contribution < -0.4 is 10.6 Å². The number of halogens is 1. The molecule has 2 N–H and O–H groups in total. The molecule has 90 valence electrons. The Morgan fingerprint density at radius 1 is 1.18 bits per heavy atom. The van der Waals surface area contributed by atoms with Crippen LogP contribution in [-0.4, -0.2) is 18.0 Å². The van der Waals surface area contributed by atoms with Crippen LogP contribution in [0.5, 0.6) is 0 Å². The van der Waals surface area contributed by atoms with Gasteiger partial charge in [-0.25, -0.2) is 4.39 Å². The van der Waals surface area contributed by atoms with Crippen molar-refractivity contribution >= 4 is 11.6 Å². The topological polar surface area (TPSA) is 41.1 Å². The van der Waals surface area contributed by atoms with Crippen molar-refractivity contribution in [3.05, 3.63) is 29.6 Å². The third kappa shape index (κ3) is 2.57. The van der Waals surface area contributed by atoms with Crippen molar-refractivity contribution < 1.29 is 9.18 Å². The van der Waals surface area contributed by atoms with E-state index in [4.69, 9.17) is 0 Å². The summed E-state index contributed by atoms with van der Waals surface area (Å²) in [6.07, 6.45) is 4.32. The molecule has 0 aromatic heterocycles. The third-order valence-corrected chi connectivity index (χ3v) is 3.08. The number of benzene rings is 1. The minimum absolute atomic E-state index is 0.171. The van der Waals surface area contributed by atoms with Crippen LogP contribution in [0.25, 0.3) is 0 Å². The molecule has 1 amide bonds. The lowest BCUT2D eigenvalue weighted by atomic mass is 10.1. The number of hydrogen-bond acceptors (Lipinski definition) is 2. The van der Waals surface area contributed by atoms with Gasteiger partial charge in [0, 0.05) is 17.8 Å². The Hall–Kier alpha value is -1.58. The molecule has 0 heterocycles. The average molecular weight is 234 g/mol. The molecule has 0 atom stereocenters. The van der Waals surface area contributed by atoms with Crippen LogP contribution >= 0.6 is 0 Å². The van der Waals surface area contributed by atoms with E-state index in [1.54, 1.807) is 6.07 Å². The fourth-order valence-corrected chi connectivity index (χ4v) is 1.77. The summed E-state index contributed by atoms with van der Waals surface area (Å²) in [5.41, 5.74) is 1.16. The molecule has 3 rings (SSSR count). The SMILES string of the molecule is O=C(NC1CC1)c1cc(F)ccc1NC1CC1. The van der Waals surface area contributed by atoms with Crippen LogP contribution in [0, 0.1) is 5.82 Å². The van der Waals surface area contributed by atoms with Crippen molar-refractivity contribution in [2.75, 3.05) is 5.32 Å². The van der Waals surface area contributed by atoms with E-state index >= 15 is 0 Å². The number of amides is 1. The second kappa shape index (κ2) is 4.02. The van der Waals surface area contributed by atoms with Crippen LogP contribution in [-0.2, 0) is 0 Å². The fraction of sp³-hybridized carbons (Fsp3) is 0.462. The zero-order chi connectivity index (χ0) is 11.8. The van der Waals surface area contributed by atoms with Crippen molar-refractivity contribution in [1.29, 1.82) is 0 Å². The summed E-state index contributed by atoms with van der Waals surface area (Å²) in [5.74, 6) is -0.539. The highest BCUT2D eigenvalue weighted by molar-refractivity contribution is 6.00. The van der Waals surface area contributed by atoms with Crippen LogP contribution in [0.15, 0.2) is 18.2 Å². The lowest BCUT2D eigenvalue weighted by Gasteiger charge is -2.11. The minimum Gasteiger partial charge on any atom is -0.382 e. The maximum atomic E-state index is 13.2. The molecule has 0 unspecified atom stereocenters. The molecule has 1 aromatic rings. The normalized spacial score (nSPS) is 18.9. The molecule has 2 fully saturated rings. The Morgan fingerprint density at radius 3 is 2.53 bits per heavy atom. The van der Waals surface area contributed by atoms with Gasteiger partial charge in [-0.2, -0.15) is 0 Å². The van der Waals surface area contributed by atoms with Gasteiger partial charge in [0.25, 0.3) is 5.91 Å². The molecule has 4 heteroatoms. The van der Waals surface area contributed by atoms with E-state index < -0.39 is 0 Å². The highest BCUT2D eigenvalue weighted by Gasteiger charge is 2.27. The molecule has 1 aromatic carbocycles. The van der Waals surface area contributed by atoms with Gasteiger partial charge in [0.15, 0.2) is 0 Å². The predicted molar refractivity (Wildman–Crippen MR) is 63.5 cm³/mol. The first-order valence-corrected chi connectivity index (χ1v) is 6.09. The number of hydrogen-bond donors (Lipinski definition) is 2. The first-order valence-electron chi connectivity index (χ1n) is 6.09. The van der Waals surface area contributed by atoms with E-state index in [0.717, 1.165) is 31.4 Å². The van der Waals surface area contributed by atoms with Gasteiger partial charge >= 0.3 is 0 Å². The lowest BCUT2D eigenvalue weighted by molar-refractivity contribution is 0.0951. The number of rotatable bonds is 4. The molecule has 17 heavy (non-hydrogen) atoms. The summed E-state index contributed by atoms with van der Waals surface area (Å²) in [5, 5.41) is 6.14. The number of nitrogens with one attached hydrogen (secondary N) is 2. The summed E-state index contributed by atoms with van der Waals surface area (Å²) in [4.78, 5) is 12.0. The smallest absolute Gasteiger partial charge is 0.253 e. The standard InChI is InChI=1S/C13H15FN2O/c14-8-1-6-12(15-9-2-3-9)11(7-8)13(17)16-10-4-5-10/h1,6-7,9-10,15H,2-5H2,(H,16,17). The minimum atomic E-state index is -0.368. The number of carbonyl (C=O) groups is 1. The Morgan fingerprint density at radius 2 is 1.88 bits per heavy atom. The Bertz CT molecular complexity index is 453. The van der Waals surface area contributed by atoms with E-state index in [-0.39, 0.29) is 11.7 Å². The third-order valence-electron chi connectivity index (χ3n) is 3.08. The Balaban J connectivity index is 1.82. The van der Waals surface area contributed by atoms with Gasteiger partial charge < -0.3 is 10.6 Å². The molecular weight excluding hydrogens is 219 g/mol. The van der Waals surface area contributed by atoms with Gasteiger partial charge in [0.1, 0.15) is 5.82 Å². The molecule has 0 radical (unpaired) electrons. The van der Waals surface area contributed by atoms with E-state index in [0.29, 0.717) is 17.6 Å². The van der Waals surface area contributed by atoms with E-state index in [9.17, 15) is 9.18 Å². The zero-order valence-electron chi connectivity index (χ0n) is 9.50. The molecule has 3 nitrogen and oxygen atoms in total. The average Bonchev–Trinajstić information content (AvgIpc) is 3.15. The second-order valence-electron chi connectivity index (χ2n) is 4.86. The van der Waals surface area contributed by atoms with Gasteiger partial charge in [0.2, 0.25) is 0 Å². The fourth-order valence-electron chi connectivity index (χ4n) is 1.77.